The van der Waals surface area contributed by atoms with Crippen LogP contribution in [0.1, 0.15) is 29.3 Å². The Balaban J connectivity index is 1.64. The lowest BCUT2D eigenvalue weighted by Gasteiger charge is -2.14. The predicted octanol–water partition coefficient (Wildman–Crippen LogP) is 3.56. The molecule has 1 amide bonds. The maximum absolute atomic E-state index is 13.2. The van der Waals surface area contributed by atoms with Crippen LogP contribution in [0.4, 0.5) is 5.82 Å². The van der Waals surface area contributed by atoms with Gasteiger partial charge < -0.3 is 20.4 Å². The Bertz CT molecular complexity index is 1200. The fraction of sp³-hybridized carbons (Fsp3) is 0.292. The summed E-state index contributed by atoms with van der Waals surface area (Å²) < 4.78 is 7.03. The van der Waals surface area contributed by atoms with Crippen LogP contribution in [0.2, 0.25) is 0 Å². The lowest BCUT2D eigenvalue weighted by Crippen LogP contribution is -2.33. The number of ether oxygens (including phenoxy) is 1. The van der Waals surface area contributed by atoms with Crippen molar-refractivity contribution in [2.75, 3.05) is 19.5 Å². The minimum absolute atomic E-state index is 0.0158. The molecule has 160 valence electrons. The SMILES string of the molecule is COCCn1c(N)c(C(=O)N[C@@H](C)CCc2ccccc2)c2nc3ccccc3nc21. The summed E-state index contributed by atoms with van der Waals surface area (Å²) in [5.74, 6) is 0.124. The van der Waals surface area contributed by atoms with Crippen molar-refractivity contribution in [3.63, 3.8) is 0 Å². The van der Waals surface area contributed by atoms with Gasteiger partial charge in [-0.15, -0.1) is 0 Å². The average molecular weight is 418 g/mol. The second-order valence-corrected chi connectivity index (χ2v) is 7.69. The molecule has 4 aromatic rings. The molecule has 0 fully saturated rings. The standard InChI is InChI=1S/C24H27N5O2/c1-16(12-13-17-8-4-3-5-9-17)26-24(30)20-21-23(29(22(20)25)14-15-31-2)28-19-11-7-6-10-18(19)27-21/h3-11,16H,12-15,25H2,1-2H3,(H,26,30)/t16-/m0/s1. The van der Waals surface area contributed by atoms with Gasteiger partial charge in [0.15, 0.2) is 5.65 Å². The van der Waals surface area contributed by atoms with Gasteiger partial charge in [0, 0.05) is 19.7 Å². The number of fused-ring (bicyclic) bond motifs is 2. The summed E-state index contributed by atoms with van der Waals surface area (Å²) in [5.41, 5.74) is 10.6. The number of para-hydroxylation sites is 2. The van der Waals surface area contributed by atoms with Gasteiger partial charge in [0.2, 0.25) is 0 Å². The summed E-state index contributed by atoms with van der Waals surface area (Å²) in [6, 6.07) is 17.8. The Morgan fingerprint density at radius 3 is 2.48 bits per heavy atom. The van der Waals surface area contributed by atoms with E-state index in [-0.39, 0.29) is 11.9 Å². The molecular formula is C24H27N5O2. The average Bonchev–Trinajstić information content (AvgIpc) is 3.05. The van der Waals surface area contributed by atoms with Gasteiger partial charge >= 0.3 is 0 Å². The van der Waals surface area contributed by atoms with Gasteiger partial charge in [-0.1, -0.05) is 42.5 Å². The molecule has 0 bridgehead atoms. The van der Waals surface area contributed by atoms with Crippen LogP contribution in [0.15, 0.2) is 54.6 Å². The summed E-state index contributed by atoms with van der Waals surface area (Å²) in [6.07, 6.45) is 1.71. The second kappa shape index (κ2) is 9.14. The minimum atomic E-state index is -0.233. The van der Waals surface area contributed by atoms with Crippen LogP contribution in [-0.2, 0) is 17.7 Å². The van der Waals surface area contributed by atoms with E-state index >= 15 is 0 Å². The normalized spacial score (nSPS) is 12.3. The van der Waals surface area contributed by atoms with Crippen molar-refractivity contribution in [2.24, 2.45) is 0 Å². The Labute approximate surface area is 181 Å². The van der Waals surface area contributed by atoms with Gasteiger partial charge in [0.25, 0.3) is 5.91 Å². The van der Waals surface area contributed by atoms with E-state index in [4.69, 9.17) is 20.4 Å². The first-order valence-corrected chi connectivity index (χ1v) is 10.5. The number of carbonyl (C=O) groups excluding carboxylic acids is 1. The maximum Gasteiger partial charge on any atom is 0.257 e. The summed E-state index contributed by atoms with van der Waals surface area (Å²) in [5, 5.41) is 3.09. The van der Waals surface area contributed by atoms with Crippen molar-refractivity contribution in [3.8, 4) is 0 Å². The quantitative estimate of drug-likeness (QED) is 0.457. The molecule has 7 nitrogen and oxygen atoms in total. The Morgan fingerprint density at radius 2 is 1.77 bits per heavy atom. The van der Waals surface area contributed by atoms with E-state index in [9.17, 15) is 4.79 Å². The zero-order valence-corrected chi connectivity index (χ0v) is 17.8. The molecule has 2 aromatic carbocycles. The minimum Gasteiger partial charge on any atom is -0.384 e. The summed E-state index contributed by atoms with van der Waals surface area (Å²) in [4.78, 5) is 22.7. The van der Waals surface area contributed by atoms with Crippen LogP contribution in [0.3, 0.4) is 0 Å². The van der Waals surface area contributed by atoms with Gasteiger partial charge in [0.1, 0.15) is 16.9 Å². The molecule has 2 heterocycles. The molecule has 0 aliphatic heterocycles. The number of rotatable bonds is 8. The number of anilines is 1. The molecule has 2 aromatic heterocycles. The highest BCUT2D eigenvalue weighted by molar-refractivity contribution is 6.10. The topological polar surface area (TPSA) is 95.1 Å². The van der Waals surface area contributed by atoms with Gasteiger partial charge in [-0.05, 0) is 37.5 Å². The van der Waals surface area contributed by atoms with Gasteiger partial charge in [-0.25, -0.2) is 9.97 Å². The van der Waals surface area contributed by atoms with Crippen molar-refractivity contribution >= 4 is 33.9 Å². The number of hydrogen-bond acceptors (Lipinski definition) is 5. The Morgan fingerprint density at radius 1 is 1.10 bits per heavy atom. The molecule has 0 aliphatic carbocycles. The molecule has 3 N–H and O–H groups in total. The predicted molar refractivity (Wildman–Crippen MR) is 123 cm³/mol. The van der Waals surface area contributed by atoms with Crippen LogP contribution >= 0.6 is 0 Å². The van der Waals surface area contributed by atoms with Crippen LogP contribution in [0.5, 0.6) is 0 Å². The molecule has 0 unspecified atom stereocenters. The third-order valence-corrected chi connectivity index (χ3v) is 5.42. The fourth-order valence-corrected chi connectivity index (χ4v) is 3.75. The maximum atomic E-state index is 13.2. The number of nitrogen functional groups attached to an aromatic ring is 1. The monoisotopic (exact) mass is 417 g/mol. The number of nitrogens with one attached hydrogen (secondary N) is 1. The van der Waals surface area contributed by atoms with Crippen LogP contribution < -0.4 is 11.1 Å². The molecule has 7 heteroatoms. The van der Waals surface area contributed by atoms with Crippen molar-refractivity contribution < 1.29 is 9.53 Å². The molecule has 1 atom stereocenters. The molecule has 0 aliphatic rings. The Kier molecular flexibility index (Phi) is 6.13. The van der Waals surface area contributed by atoms with Gasteiger partial charge in [-0.3, -0.25) is 4.79 Å². The number of methoxy groups -OCH3 is 1. The first-order chi connectivity index (χ1) is 15.1. The summed E-state index contributed by atoms with van der Waals surface area (Å²) >= 11 is 0. The zero-order chi connectivity index (χ0) is 21.8. The van der Waals surface area contributed by atoms with E-state index in [2.05, 4.69) is 17.4 Å². The van der Waals surface area contributed by atoms with E-state index < -0.39 is 0 Å². The molecule has 4 rings (SSSR count). The largest absolute Gasteiger partial charge is 0.384 e. The number of amides is 1. The highest BCUT2D eigenvalue weighted by Crippen LogP contribution is 2.28. The van der Waals surface area contributed by atoms with Gasteiger partial charge in [-0.2, -0.15) is 0 Å². The lowest BCUT2D eigenvalue weighted by atomic mass is 10.1. The smallest absolute Gasteiger partial charge is 0.257 e. The highest BCUT2D eigenvalue weighted by atomic mass is 16.5. The van der Waals surface area contributed by atoms with E-state index in [1.807, 2.05) is 54.0 Å². The molecule has 0 radical (unpaired) electrons. The van der Waals surface area contributed by atoms with Crippen molar-refractivity contribution in [1.29, 1.82) is 0 Å². The highest BCUT2D eigenvalue weighted by Gasteiger charge is 2.24. The van der Waals surface area contributed by atoms with Crippen LogP contribution in [-0.4, -0.2) is 40.2 Å². The van der Waals surface area contributed by atoms with E-state index in [1.165, 1.54) is 5.56 Å². The fourth-order valence-electron chi connectivity index (χ4n) is 3.75. The van der Waals surface area contributed by atoms with Crippen molar-refractivity contribution in [3.05, 3.63) is 65.7 Å². The van der Waals surface area contributed by atoms with E-state index in [0.717, 1.165) is 23.9 Å². The summed E-state index contributed by atoms with van der Waals surface area (Å²) in [7, 11) is 1.63. The molecule has 0 spiro atoms. The first kappa shape index (κ1) is 20.8. The van der Waals surface area contributed by atoms with E-state index in [1.54, 1.807) is 7.11 Å². The third kappa shape index (κ3) is 4.36. The molecular weight excluding hydrogens is 390 g/mol. The van der Waals surface area contributed by atoms with Gasteiger partial charge in [0.05, 0.1) is 17.6 Å². The van der Waals surface area contributed by atoms with E-state index in [0.29, 0.717) is 35.7 Å². The van der Waals surface area contributed by atoms with Crippen LogP contribution in [0.25, 0.3) is 22.2 Å². The second-order valence-electron chi connectivity index (χ2n) is 7.69. The number of aryl methyl sites for hydroxylation is 1. The van der Waals surface area contributed by atoms with Crippen LogP contribution in [0, 0.1) is 0 Å². The van der Waals surface area contributed by atoms with Crippen molar-refractivity contribution in [2.45, 2.75) is 32.4 Å². The first-order valence-electron chi connectivity index (χ1n) is 10.5. The number of hydrogen-bond donors (Lipinski definition) is 2. The zero-order valence-electron chi connectivity index (χ0n) is 17.8. The van der Waals surface area contributed by atoms with Crippen molar-refractivity contribution in [1.82, 2.24) is 19.9 Å². The molecule has 0 saturated carbocycles. The number of benzene rings is 2. The number of carbonyl (C=O) groups is 1. The number of nitrogens with two attached hydrogens (primary N) is 1. The Hall–Kier alpha value is -3.45. The number of nitrogens with zero attached hydrogens (tertiary/aromatic N) is 3. The molecule has 0 saturated heterocycles. The number of aromatic nitrogens is 3. The lowest BCUT2D eigenvalue weighted by molar-refractivity contribution is 0.0940. The summed E-state index contributed by atoms with van der Waals surface area (Å²) in [6.45, 7) is 2.95. The third-order valence-electron chi connectivity index (χ3n) is 5.42. The molecule has 31 heavy (non-hydrogen) atoms.